The molecule has 0 atom stereocenters. The molecule has 1 fully saturated rings. The van der Waals surface area contributed by atoms with Crippen molar-refractivity contribution in [3.63, 3.8) is 0 Å². The van der Waals surface area contributed by atoms with Gasteiger partial charge >= 0.3 is 12.1 Å². The molecule has 0 spiro atoms. The SMILES string of the molecule is O=C(Nc1cc(C(=O)O)n(C2CCCC2)n1)OCC1c2ccccc2-c2ccccc21. The normalized spacial score (nSPS) is 15.5. The lowest BCUT2D eigenvalue weighted by Crippen LogP contribution is -2.18. The number of amides is 1. The van der Waals surface area contributed by atoms with Crippen molar-refractivity contribution in [2.45, 2.75) is 37.6 Å². The molecule has 1 saturated carbocycles. The number of benzene rings is 2. The number of aromatic carboxylic acids is 1. The van der Waals surface area contributed by atoms with Crippen LogP contribution in [0.5, 0.6) is 0 Å². The van der Waals surface area contributed by atoms with Gasteiger partial charge in [-0.15, -0.1) is 0 Å². The Hall–Kier alpha value is -3.61. The highest BCUT2D eigenvalue weighted by Gasteiger charge is 2.29. The molecule has 1 amide bonds. The number of carbonyl (C=O) groups excluding carboxylic acids is 1. The van der Waals surface area contributed by atoms with E-state index in [0.29, 0.717) is 0 Å². The number of hydrogen-bond acceptors (Lipinski definition) is 4. The van der Waals surface area contributed by atoms with E-state index in [9.17, 15) is 14.7 Å². The fraction of sp³-hybridized carbons (Fsp3) is 0.292. The van der Waals surface area contributed by atoms with Gasteiger partial charge in [0, 0.05) is 12.0 Å². The molecule has 7 heteroatoms. The number of hydrogen-bond donors (Lipinski definition) is 2. The van der Waals surface area contributed by atoms with Gasteiger partial charge in [0.2, 0.25) is 0 Å². The number of aromatic nitrogens is 2. The molecule has 0 unspecified atom stereocenters. The quantitative estimate of drug-likeness (QED) is 0.605. The van der Waals surface area contributed by atoms with E-state index in [1.807, 2.05) is 24.3 Å². The third kappa shape index (κ3) is 3.56. The average Bonchev–Trinajstić information content (AvgIpc) is 3.50. The molecule has 2 aliphatic rings. The summed E-state index contributed by atoms with van der Waals surface area (Å²) in [6.45, 7) is 0.189. The fourth-order valence-corrected chi connectivity index (χ4v) is 4.78. The van der Waals surface area contributed by atoms with E-state index < -0.39 is 12.1 Å². The van der Waals surface area contributed by atoms with Crippen molar-refractivity contribution in [1.29, 1.82) is 0 Å². The number of nitrogens with zero attached hydrogens (tertiary/aromatic N) is 2. The first-order chi connectivity index (χ1) is 15.1. The van der Waals surface area contributed by atoms with Crippen LogP contribution in [-0.4, -0.2) is 33.6 Å². The molecule has 0 radical (unpaired) electrons. The Morgan fingerprint density at radius 1 is 1.03 bits per heavy atom. The van der Waals surface area contributed by atoms with Crippen LogP contribution >= 0.6 is 0 Å². The molecular weight excluding hydrogens is 394 g/mol. The van der Waals surface area contributed by atoms with Crippen molar-refractivity contribution in [3.05, 3.63) is 71.4 Å². The van der Waals surface area contributed by atoms with Gasteiger partial charge in [0.25, 0.3) is 0 Å². The van der Waals surface area contributed by atoms with Gasteiger partial charge in [-0.2, -0.15) is 5.10 Å². The zero-order valence-corrected chi connectivity index (χ0v) is 17.0. The van der Waals surface area contributed by atoms with Gasteiger partial charge in [-0.3, -0.25) is 10.00 Å². The average molecular weight is 417 g/mol. The number of carboxylic acid groups (broad SMARTS) is 1. The van der Waals surface area contributed by atoms with Crippen molar-refractivity contribution in [2.75, 3.05) is 11.9 Å². The zero-order chi connectivity index (χ0) is 21.4. The van der Waals surface area contributed by atoms with E-state index in [-0.39, 0.29) is 30.1 Å². The molecule has 3 aromatic rings. The summed E-state index contributed by atoms with van der Waals surface area (Å²) in [6.07, 6.45) is 3.26. The number of fused-ring (bicyclic) bond motifs is 3. The van der Waals surface area contributed by atoms with E-state index in [1.165, 1.54) is 10.7 Å². The van der Waals surface area contributed by atoms with Crippen LogP contribution < -0.4 is 5.32 Å². The lowest BCUT2D eigenvalue weighted by Gasteiger charge is -2.14. The summed E-state index contributed by atoms with van der Waals surface area (Å²) in [5.41, 5.74) is 4.67. The summed E-state index contributed by atoms with van der Waals surface area (Å²) in [5, 5.41) is 16.4. The van der Waals surface area contributed by atoms with Gasteiger partial charge in [-0.05, 0) is 35.1 Å². The molecule has 2 aliphatic carbocycles. The second kappa shape index (κ2) is 7.91. The van der Waals surface area contributed by atoms with Crippen LogP contribution in [0.1, 0.15) is 59.3 Å². The van der Waals surface area contributed by atoms with Crippen molar-refractivity contribution >= 4 is 17.9 Å². The van der Waals surface area contributed by atoms with Gasteiger partial charge < -0.3 is 9.84 Å². The first-order valence-electron chi connectivity index (χ1n) is 10.6. The second-order valence-electron chi connectivity index (χ2n) is 8.05. The van der Waals surface area contributed by atoms with Crippen molar-refractivity contribution in [3.8, 4) is 11.1 Å². The predicted molar refractivity (Wildman–Crippen MR) is 115 cm³/mol. The summed E-state index contributed by atoms with van der Waals surface area (Å²) in [7, 11) is 0. The van der Waals surface area contributed by atoms with E-state index in [4.69, 9.17) is 4.74 Å². The molecule has 31 heavy (non-hydrogen) atoms. The van der Waals surface area contributed by atoms with Crippen LogP contribution in [-0.2, 0) is 4.74 Å². The molecule has 158 valence electrons. The molecule has 0 bridgehead atoms. The van der Waals surface area contributed by atoms with Crippen LogP contribution in [0.15, 0.2) is 54.6 Å². The molecule has 2 N–H and O–H groups in total. The molecule has 0 saturated heterocycles. The first-order valence-corrected chi connectivity index (χ1v) is 10.6. The van der Waals surface area contributed by atoms with Gasteiger partial charge in [-0.25, -0.2) is 9.59 Å². The largest absolute Gasteiger partial charge is 0.477 e. The Labute approximate surface area is 179 Å². The van der Waals surface area contributed by atoms with E-state index in [0.717, 1.165) is 47.9 Å². The van der Waals surface area contributed by atoms with Crippen molar-refractivity contribution in [1.82, 2.24) is 9.78 Å². The smallest absolute Gasteiger partial charge is 0.412 e. The number of carboxylic acids is 1. The maximum Gasteiger partial charge on any atom is 0.412 e. The Balaban J connectivity index is 1.30. The molecule has 7 nitrogen and oxygen atoms in total. The van der Waals surface area contributed by atoms with E-state index in [2.05, 4.69) is 34.7 Å². The number of anilines is 1. The second-order valence-corrected chi connectivity index (χ2v) is 8.05. The lowest BCUT2D eigenvalue weighted by atomic mass is 9.98. The van der Waals surface area contributed by atoms with Crippen molar-refractivity contribution < 1.29 is 19.4 Å². The molecule has 1 heterocycles. The van der Waals surface area contributed by atoms with Crippen LogP contribution in [0, 0.1) is 0 Å². The molecule has 1 aromatic heterocycles. The Kier molecular flexibility index (Phi) is 4.94. The van der Waals surface area contributed by atoms with Crippen LogP contribution in [0.4, 0.5) is 10.6 Å². The summed E-state index contributed by atoms with van der Waals surface area (Å²) in [5.74, 6) is -0.898. The topological polar surface area (TPSA) is 93.5 Å². The monoisotopic (exact) mass is 417 g/mol. The van der Waals surface area contributed by atoms with Crippen LogP contribution in [0.2, 0.25) is 0 Å². The predicted octanol–water partition coefficient (Wildman–Crippen LogP) is 5.06. The Bertz CT molecular complexity index is 1100. The number of ether oxygens (including phenoxy) is 1. The van der Waals surface area contributed by atoms with E-state index >= 15 is 0 Å². The summed E-state index contributed by atoms with van der Waals surface area (Å²) in [4.78, 5) is 24.1. The summed E-state index contributed by atoms with van der Waals surface area (Å²) in [6, 6.07) is 17.7. The fourth-order valence-electron chi connectivity index (χ4n) is 4.78. The maximum absolute atomic E-state index is 12.5. The van der Waals surface area contributed by atoms with Crippen molar-refractivity contribution in [2.24, 2.45) is 0 Å². The molecule has 2 aromatic carbocycles. The van der Waals surface area contributed by atoms with Gasteiger partial charge in [0.1, 0.15) is 12.3 Å². The Morgan fingerprint density at radius 3 is 2.26 bits per heavy atom. The van der Waals surface area contributed by atoms with Gasteiger partial charge in [-0.1, -0.05) is 61.4 Å². The van der Waals surface area contributed by atoms with E-state index in [1.54, 1.807) is 0 Å². The molecular formula is C24H23N3O4. The van der Waals surface area contributed by atoms with Gasteiger partial charge in [0.15, 0.2) is 5.82 Å². The maximum atomic E-state index is 12.5. The zero-order valence-electron chi connectivity index (χ0n) is 17.0. The van der Waals surface area contributed by atoms with Crippen LogP contribution in [0.25, 0.3) is 11.1 Å². The first kappa shape index (κ1) is 19.4. The highest BCUT2D eigenvalue weighted by Crippen LogP contribution is 2.44. The highest BCUT2D eigenvalue weighted by molar-refractivity contribution is 5.89. The number of rotatable bonds is 5. The molecule has 5 rings (SSSR count). The van der Waals surface area contributed by atoms with Crippen LogP contribution in [0.3, 0.4) is 0 Å². The standard InChI is InChI=1S/C24H23N3O4/c28-23(29)21-13-22(26-27(21)15-7-1-2-8-15)25-24(30)31-14-20-18-11-5-3-9-16(18)17-10-4-6-12-19(17)20/h3-6,9-13,15,20H,1-2,7-8,14H2,(H,28,29)(H,25,26,30). The molecule has 0 aliphatic heterocycles. The summed E-state index contributed by atoms with van der Waals surface area (Å²) < 4.78 is 7.05. The number of carbonyl (C=O) groups is 2. The Morgan fingerprint density at radius 2 is 1.65 bits per heavy atom. The minimum absolute atomic E-state index is 0.0382. The van der Waals surface area contributed by atoms with Gasteiger partial charge in [0.05, 0.1) is 6.04 Å². The minimum atomic E-state index is -1.06. The number of nitrogens with one attached hydrogen (secondary N) is 1. The third-order valence-electron chi connectivity index (χ3n) is 6.20. The minimum Gasteiger partial charge on any atom is -0.477 e. The summed E-state index contributed by atoms with van der Waals surface area (Å²) >= 11 is 0. The lowest BCUT2D eigenvalue weighted by molar-refractivity contribution is 0.0680. The highest BCUT2D eigenvalue weighted by atomic mass is 16.5. The third-order valence-corrected chi connectivity index (χ3v) is 6.20.